The van der Waals surface area contributed by atoms with Crippen molar-refractivity contribution in [2.75, 3.05) is 0 Å². The average Bonchev–Trinajstić information content (AvgIpc) is 2.95. The molecule has 0 amide bonds. The zero-order valence-electron chi connectivity index (χ0n) is 19.3. The van der Waals surface area contributed by atoms with Crippen molar-refractivity contribution in [2.24, 2.45) is 29.1 Å². The molecule has 0 heterocycles. The van der Waals surface area contributed by atoms with Crippen LogP contribution in [0.5, 0.6) is 0 Å². The zero-order valence-corrected chi connectivity index (χ0v) is 16.3. The lowest BCUT2D eigenvalue weighted by molar-refractivity contribution is -0.184. The molecule has 2 fully saturated rings. The third kappa shape index (κ3) is 2.51. The van der Waals surface area contributed by atoms with Crippen molar-refractivity contribution in [1.82, 2.24) is 0 Å². The molecular weight excluding hydrogens is 340 g/mol. The number of Topliss-reactive ketones (excluding diaryl/α,β-unsaturated/α-hetero) is 1. The molecule has 0 aromatic rings. The smallest absolute Gasteiger partial charge is 0.303 e. The second-order valence-electron chi connectivity index (χ2n) is 9.18. The first-order valence-corrected chi connectivity index (χ1v) is 10.1. The maximum absolute atomic E-state index is 12.9. The van der Waals surface area contributed by atoms with E-state index in [1.54, 1.807) is 0 Å². The summed E-state index contributed by atoms with van der Waals surface area (Å²) in [4.78, 5) is 37.1. The van der Waals surface area contributed by atoms with Gasteiger partial charge in [-0.05, 0) is 81.3 Å². The molecule has 4 heteroatoms. The van der Waals surface area contributed by atoms with Crippen LogP contribution in [0.3, 0.4) is 0 Å². The summed E-state index contributed by atoms with van der Waals surface area (Å²) in [5.74, 6) is -0.199. The van der Waals surface area contributed by atoms with Crippen LogP contribution >= 0.6 is 0 Å². The molecule has 0 spiro atoms. The standard InChI is InChI=1S/C23H30O4/c1-13-11-20-18(17-6-5-16(26)12-19(13)17)7-9-22(4)21(20)8-10-23(22,14(2)24)27-15(3)25/h11-12,17-18,20-21H,5-10H2,1-4H3/t17-,18-,20-,21+,22+,23+/m1/s1/i3D3. The molecule has 0 N–H and O–H groups in total. The summed E-state index contributed by atoms with van der Waals surface area (Å²) >= 11 is 0. The van der Waals surface area contributed by atoms with Crippen LogP contribution in [0.15, 0.2) is 23.3 Å². The number of rotatable bonds is 2. The second-order valence-corrected chi connectivity index (χ2v) is 9.18. The highest BCUT2D eigenvalue weighted by Gasteiger charge is 2.66. The van der Waals surface area contributed by atoms with Crippen LogP contribution in [0, 0.1) is 29.1 Å². The van der Waals surface area contributed by atoms with Gasteiger partial charge in [0.2, 0.25) is 0 Å². The topological polar surface area (TPSA) is 60.4 Å². The highest BCUT2D eigenvalue weighted by atomic mass is 16.6. The lowest BCUT2D eigenvalue weighted by Crippen LogP contribution is -2.57. The summed E-state index contributed by atoms with van der Waals surface area (Å²) in [6.07, 6.45) is 8.20. The van der Waals surface area contributed by atoms with Gasteiger partial charge in [-0.25, -0.2) is 0 Å². The number of carbonyl (C=O) groups is 3. The second kappa shape index (κ2) is 6.15. The monoisotopic (exact) mass is 373 g/mol. The van der Waals surface area contributed by atoms with Gasteiger partial charge in [-0.3, -0.25) is 14.4 Å². The first kappa shape index (κ1) is 15.2. The van der Waals surface area contributed by atoms with Crippen molar-refractivity contribution in [1.29, 1.82) is 0 Å². The van der Waals surface area contributed by atoms with Crippen molar-refractivity contribution < 1.29 is 23.2 Å². The van der Waals surface area contributed by atoms with Gasteiger partial charge in [-0.15, -0.1) is 0 Å². The molecule has 0 unspecified atom stereocenters. The number of carbonyl (C=O) groups excluding carboxylic acids is 3. The molecule has 4 nitrogen and oxygen atoms in total. The van der Waals surface area contributed by atoms with E-state index in [-0.39, 0.29) is 23.4 Å². The Hall–Kier alpha value is -1.71. The normalized spacial score (nSPS) is 45.1. The summed E-state index contributed by atoms with van der Waals surface area (Å²) in [6, 6.07) is 0. The molecule has 0 radical (unpaired) electrons. The van der Waals surface area contributed by atoms with E-state index in [1.165, 1.54) is 12.5 Å². The minimum atomic E-state index is -2.89. The van der Waals surface area contributed by atoms with Crippen LogP contribution < -0.4 is 0 Å². The predicted octanol–water partition coefficient (Wildman–Crippen LogP) is 4.19. The van der Waals surface area contributed by atoms with Gasteiger partial charge in [-0.1, -0.05) is 18.6 Å². The third-order valence-electron chi connectivity index (χ3n) is 8.17. The van der Waals surface area contributed by atoms with E-state index in [1.807, 2.05) is 13.0 Å². The highest BCUT2D eigenvalue weighted by Crippen LogP contribution is 2.65. The fourth-order valence-electron chi connectivity index (χ4n) is 6.95. The molecule has 4 rings (SSSR count). The van der Waals surface area contributed by atoms with Crippen molar-refractivity contribution in [3.63, 3.8) is 0 Å². The number of fused-ring (bicyclic) bond motifs is 5. The molecular formula is C23H30O4. The Kier molecular flexibility index (Phi) is 3.47. The Bertz CT molecular complexity index is 870. The van der Waals surface area contributed by atoms with Gasteiger partial charge in [0, 0.05) is 22.8 Å². The van der Waals surface area contributed by atoms with E-state index < -0.39 is 23.8 Å². The van der Waals surface area contributed by atoms with Crippen LogP contribution in [0.1, 0.15) is 70.3 Å². The highest BCUT2D eigenvalue weighted by molar-refractivity contribution is 5.92. The van der Waals surface area contributed by atoms with E-state index >= 15 is 0 Å². The Balaban J connectivity index is 1.72. The minimum absolute atomic E-state index is 0.138. The van der Waals surface area contributed by atoms with Crippen molar-refractivity contribution in [3.05, 3.63) is 23.3 Å². The Morgan fingerprint density at radius 1 is 1.26 bits per heavy atom. The van der Waals surface area contributed by atoms with Gasteiger partial charge < -0.3 is 4.74 Å². The Labute approximate surface area is 165 Å². The molecule has 0 aromatic heterocycles. The van der Waals surface area contributed by atoms with Crippen molar-refractivity contribution >= 4 is 17.5 Å². The molecule has 0 bridgehead atoms. The van der Waals surface area contributed by atoms with Crippen molar-refractivity contribution in [2.45, 2.75) is 71.7 Å². The molecule has 4 aliphatic rings. The number of hydrogen-bond acceptors (Lipinski definition) is 4. The van der Waals surface area contributed by atoms with Crippen LogP contribution in [0.4, 0.5) is 0 Å². The maximum atomic E-state index is 12.9. The van der Waals surface area contributed by atoms with Gasteiger partial charge in [0.1, 0.15) is 0 Å². The van der Waals surface area contributed by atoms with Crippen LogP contribution in [0.25, 0.3) is 0 Å². The van der Waals surface area contributed by atoms with Crippen LogP contribution in [-0.4, -0.2) is 23.1 Å². The number of ether oxygens (including phenoxy) is 1. The molecule has 27 heavy (non-hydrogen) atoms. The summed E-state index contributed by atoms with van der Waals surface area (Å²) in [5.41, 5.74) is 0.330. The largest absolute Gasteiger partial charge is 0.451 e. The fourth-order valence-corrected chi connectivity index (χ4v) is 6.95. The molecule has 6 atom stereocenters. The number of hydrogen-bond donors (Lipinski definition) is 0. The first-order valence-electron chi connectivity index (χ1n) is 11.6. The summed E-state index contributed by atoms with van der Waals surface area (Å²) in [6.45, 7) is 2.60. The van der Waals surface area contributed by atoms with Gasteiger partial charge >= 0.3 is 5.97 Å². The Morgan fingerprint density at radius 3 is 2.74 bits per heavy atom. The third-order valence-corrected chi connectivity index (χ3v) is 8.17. The lowest BCUT2D eigenvalue weighted by Gasteiger charge is -2.54. The molecule has 0 saturated heterocycles. The van der Waals surface area contributed by atoms with E-state index in [2.05, 4.69) is 13.0 Å². The predicted molar refractivity (Wildman–Crippen MR) is 102 cm³/mol. The number of ketones is 2. The molecule has 0 aliphatic heterocycles. The van der Waals surface area contributed by atoms with Crippen LogP contribution in [0.2, 0.25) is 0 Å². The summed E-state index contributed by atoms with van der Waals surface area (Å²) in [5, 5.41) is 0. The molecule has 4 aliphatic carbocycles. The number of allylic oxidation sites excluding steroid dienone is 4. The quantitative estimate of drug-likeness (QED) is 0.681. The molecule has 146 valence electrons. The minimum Gasteiger partial charge on any atom is -0.451 e. The van der Waals surface area contributed by atoms with Gasteiger partial charge in [0.15, 0.2) is 17.2 Å². The summed E-state index contributed by atoms with van der Waals surface area (Å²) < 4.78 is 27.9. The summed E-state index contributed by atoms with van der Waals surface area (Å²) in [7, 11) is 0. The lowest BCUT2D eigenvalue weighted by atomic mass is 9.51. The van der Waals surface area contributed by atoms with Gasteiger partial charge in [0.05, 0.1) is 0 Å². The van der Waals surface area contributed by atoms with E-state index in [4.69, 9.17) is 8.85 Å². The van der Waals surface area contributed by atoms with Crippen molar-refractivity contribution in [3.8, 4) is 0 Å². The van der Waals surface area contributed by atoms with E-state index in [9.17, 15) is 14.4 Å². The maximum Gasteiger partial charge on any atom is 0.303 e. The van der Waals surface area contributed by atoms with E-state index in [0.29, 0.717) is 31.1 Å². The van der Waals surface area contributed by atoms with Gasteiger partial charge in [-0.2, -0.15) is 0 Å². The van der Waals surface area contributed by atoms with Gasteiger partial charge in [0.25, 0.3) is 0 Å². The zero-order chi connectivity index (χ0) is 22.1. The Morgan fingerprint density at radius 2 is 2.04 bits per heavy atom. The SMILES string of the molecule is [2H]C([2H])([2H])C(=O)O[C@]1(C(C)=O)CC[C@H]2[C@@H]3C=C(C)C4=CC(=O)CC[C@@H]4[C@H]3CC[C@@]21C. The van der Waals surface area contributed by atoms with Crippen LogP contribution in [-0.2, 0) is 19.1 Å². The average molecular weight is 374 g/mol. The fraction of sp³-hybridized carbons (Fsp3) is 0.696. The number of esters is 1. The molecule has 2 saturated carbocycles. The van der Waals surface area contributed by atoms with E-state index in [0.717, 1.165) is 24.8 Å². The molecule has 0 aromatic carbocycles. The first-order chi connectivity index (χ1) is 13.9.